The Balaban J connectivity index is 1.40. The molecule has 0 bridgehead atoms. The molecule has 7 nitrogen and oxygen atoms in total. The molecule has 0 spiro atoms. The van der Waals surface area contributed by atoms with Crippen molar-refractivity contribution in [2.75, 3.05) is 27.0 Å². The molecule has 1 atom stereocenters. The van der Waals surface area contributed by atoms with Crippen molar-refractivity contribution in [2.45, 2.75) is 12.3 Å². The van der Waals surface area contributed by atoms with E-state index in [1.165, 1.54) is 7.11 Å². The molecule has 0 aliphatic carbocycles. The third-order valence-electron chi connectivity index (χ3n) is 5.52. The first-order valence-corrected chi connectivity index (χ1v) is 9.44. The fourth-order valence-electron chi connectivity index (χ4n) is 3.98. The second kappa shape index (κ2) is 6.84. The minimum Gasteiger partial charge on any atom is -0.493 e. The number of methoxy groups -OCH3 is 1. The summed E-state index contributed by atoms with van der Waals surface area (Å²) in [6.07, 6.45) is 0.818. The number of likely N-dealkylation sites (tertiary alicyclic amines) is 1. The van der Waals surface area contributed by atoms with E-state index >= 15 is 0 Å². The largest absolute Gasteiger partial charge is 0.493 e. The number of carbonyl (C=O) groups excluding carboxylic acids is 1. The quantitative estimate of drug-likeness (QED) is 0.636. The van der Waals surface area contributed by atoms with Crippen LogP contribution in [-0.4, -0.2) is 37.8 Å². The fourth-order valence-corrected chi connectivity index (χ4v) is 3.98. The van der Waals surface area contributed by atoms with E-state index in [2.05, 4.69) is 0 Å². The second-order valence-corrected chi connectivity index (χ2v) is 7.18. The zero-order valence-corrected chi connectivity index (χ0v) is 15.8. The van der Waals surface area contributed by atoms with Gasteiger partial charge in [-0.3, -0.25) is 4.79 Å². The van der Waals surface area contributed by atoms with Gasteiger partial charge in [0.1, 0.15) is 5.56 Å². The number of benzene rings is 2. The Bertz CT molecular complexity index is 1170. The van der Waals surface area contributed by atoms with Crippen molar-refractivity contribution < 1.29 is 23.4 Å². The minimum atomic E-state index is -0.654. The van der Waals surface area contributed by atoms with Gasteiger partial charge >= 0.3 is 5.63 Å². The van der Waals surface area contributed by atoms with Crippen molar-refractivity contribution in [2.24, 2.45) is 0 Å². The molecule has 3 aromatic rings. The lowest BCUT2D eigenvalue weighted by Crippen LogP contribution is -2.32. The highest BCUT2D eigenvalue weighted by molar-refractivity contribution is 5.97. The van der Waals surface area contributed by atoms with E-state index in [0.717, 1.165) is 23.5 Å². The van der Waals surface area contributed by atoms with Gasteiger partial charge in [-0.05, 0) is 36.2 Å². The fraction of sp³-hybridized carbons (Fsp3) is 0.273. The molecule has 1 fully saturated rings. The van der Waals surface area contributed by atoms with Gasteiger partial charge in [-0.25, -0.2) is 4.79 Å². The Morgan fingerprint density at radius 2 is 2.00 bits per heavy atom. The topological polar surface area (TPSA) is 78.2 Å². The number of amides is 1. The molecule has 1 aromatic heterocycles. The summed E-state index contributed by atoms with van der Waals surface area (Å²) in [5.74, 6) is 1.80. The summed E-state index contributed by atoms with van der Waals surface area (Å²) in [6.45, 7) is 1.35. The van der Waals surface area contributed by atoms with Crippen LogP contribution in [0.25, 0.3) is 11.0 Å². The van der Waals surface area contributed by atoms with Crippen LogP contribution in [-0.2, 0) is 0 Å². The lowest BCUT2D eigenvalue weighted by atomic mass is 9.98. The van der Waals surface area contributed by atoms with E-state index < -0.39 is 5.63 Å². The molecule has 1 saturated heterocycles. The third kappa shape index (κ3) is 2.99. The van der Waals surface area contributed by atoms with Gasteiger partial charge in [-0.15, -0.1) is 0 Å². The second-order valence-electron chi connectivity index (χ2n) is 7.18. The Kier molecular flexibility index (Phi) is 4.16. The molecule has 2 aromatic carbocycles. The lowest BCUT2D eigenvalue weighted by Gasteiger charge is -2.16. The van der Waals surface area contributed by atoms with Crippen molar-refractivity contribution in [3.63, 3.8) is 0 Å². The van der Waals surface area contributed by atoms with Crippen LogP contribution >= 0.6 is 0 Å². The van der Waals surface area contributed by atoms with Crippen LogP contribution in [0.2, 0.25) is 0 Å². The summed E-state index contributed by atoms with van der Waals surface area (Å²) in [5, 5.41) is 0.652. The summed E-state index contributed by atoms with van der Waals surface area (Å²) in [6, 6.07) is 12.7. The standard InChI is InChI=1S/C22H19NO6/c1-26-18-4-2-3-14-9-16(22(25)29-20(14)18)21(24)23-8-7-15(11-23)13-5-6-17-19(10-13)28-12-27-17/h2-6,9-10,15H,7-8,11-12H2,1H3. The maximum atomic E-state index is 13.0. The number of ether oxygens (including phenoxy) is 3. The highest BCUT2D eigenvalue weighted by Gasteiger charge is 2.30. The van der Waals surface area contributed by atoms with Gasteiger partial charge in [-0.1, -0.05) is 18.2 Å². The summed E-state index contributed by atoms with van der Waals surface area (Å²) in [4.78, 5) is 27.2. The summed E-state index contributed by atoms with van der Waals surface area (Å²) in [5.41, 5.74) is 0.826. The van der Waals surface area contributed by atoms with Crippen LogP contribution in [0.5, 0.6) is 17.2 Å². The van der Waals surface area contributed by atoms with Gasteiger partial charge < -0.3 is 23.5 Å². The predicted octanol–water partition coefficient (Wildman–Crippen LogP) is 3.16. The van der Waals surface area contributed by atoms with E-state index in [9.17, 15) is 9.59 Å². The van der Waals surface area contributed by atoms with Gasteiger partial charge in [0.05, 0.1) is 7.11 Å². The van der Waals surface area contributed by atoms with E-state index in [1.807, 2.05) is 18.2 Å². The zero-order valence-electron chi connectivity index (χ0n) is 15.8. The number of rotatable bonds is 3. The molecule has 1 amide bonds. The monoisotopic (exact) mass is 393 g/mol. The van der Waals surface area contributed by atoms with E-state index in [4.69, 9.17) is 18.6 Å². The highest BCUT2D eigenvalue weighted by atomic mass is 16.7. The molecule has 3 heterocycles. The Morgan fingerprint density at radius 3 is 2.86 bits per heavy atom. The van der Waals surface area contributed by atoms with Crippen molar-refractivity contribution >= 4 is 16.9 Å². The Hall–Kier alpha value is -3.48. The van der Waals surface area contributed by atoms with Crippen molar-refractivity contribution in [3.8, 4) is 17.2 Å². The molecule has 1 unspecified atom stereocenters. The Morgan fingerprint density at radius 1 is 1.14 bits per heavy atom. The van der Waals surface area contributed by atoms with E-state index in [1.54, 1.807) is 29.2 Å². The van der Waals surface area contributed by atoms with Crippen LogP contribution < -0.4 is 19.8 Å². The molecule has 5 rings (SSSR count). The molecular weight excluding hydrogens is 374 g/mol. The summed E-state index contributed by atoms with van der Waals surface area (Å²) in [7, 11) is 1.51. The number of para-hydroxylation sites is 1. The maximum absolute atomic E-state index is 13.0. The van der Waals surface area contributed by atoms with Gasteiger partial charge in [-0.2, -0.15) is 0 Å². The summed E-state index contributed by atoms with van der Waals surface area (Å²) < 4.78 is 21.4. The first-order valence-electron chi connectivity index (χ1n) is 9.44. The molecule has 2 aliphatic heterocycles. The SMILES string of the molecule is COc1cccc2cc(C(=O)N3CCC(c4ccc5c(c4)OCO5)C3)c(=O)oc12. The van der Waals surface area contributed by atoms with Crippen LogP contribution in [0.3, 0.4) is 0 Å². The number of fused-ring (bicyclic) bond motifs is 2. The molecule has 7 heteroatoms. The smallest absolute Gasteiger partial charge is 0.349 e. The van der Waals surface area contributed by atoms with Crippen LogP contribution in [0.15, 0.2) is 51.7 Å². The Labute approximate surface area is 166 Å². The van der Waals surface area contributed by atoms with Crippen LogP contribution in [0, 0.1) is 0 Å². The average molecular weight is 393 g/mol. The third-order valence-corrected chi connectivity index (χ3v) is 5.52. The minimum absolute atomic E-state index is 0.0390. The normalized spacial score (nSPS) is 17.7. The first kappa shape index (κ1) is 17.6. The molecule has 0 radical (unpaired) electrons. The van der Waals surface area contributed by atoms with Crippen molar-refractivity contribution in [3.05, 3.63) is 64.0 Å². The van der Waals surface area contributed by atoms with Gasteiger partial charge in [0.2, 0.25) is 6.79 Å². The molecule has 0 N–H and O–H groups in total. The zero-order chi connectivity index (χ0) is 20.0. The average Bonchev–Trinajstić information content (AvgIpc) is 3.41. The van der Waals surface area contributed by atoms with Crippen molar-refractivity contribution in [1.29, 1.82) is 0 Å². The van der Waals surface area contributed by atoms with Crippen molar-refractivity contribution in [1.82, 2.24) is 4.90 Å². The molecule has 0 saturated carbocycles. The highest BCUT2D eigenvalue weighted by Crippen LogP contribution is 2.37. The molecule has 148 valence electrons. The van der Waals surface area contributed by atoms with E-state index in [0.29, 0.717) is 29.8 Å². The predicted molar refractivity (Wildman–Crippen MR) is 105 cm³/mol. The van der Waals surface area contributed by atoms with Crippen LogP contribution in [0.4, 0.5) is 0 Å². The molecule has 29 heavy (non-hydrogen) atoms. The molecular formula is C22H19NO6. The van der Waals surface area contributed by atoms with Crippen LogP contribution in [0.1, 0.15) is 28.3 Å². The molecule has 2 aliphatic rings. The van der Waals surface area contributed by atoms with E-state index in [-0.39, 0.29) is 24.2 Å². The number of hydrogen-bond donors (Lipinski definition) is 0. The number of hydrogen-bond acceptors (Lipinski definition) is 6. The van der Waals surface area contributed by atoms with Gasteiger partial charge in [0.15, 0.2) is 22.8 Å². The maximum Gasteiger partial charge on any atom is 0.349 e. The summed E-state index contributed by atoms with van der Waals surface area (Å²) >= 11 is 0. The van der Waals surface area contributed by atoms with Gasteiger partial charge in [0.25, 0.3) is 5.91 Å². The number of carbonyl (C=O) groups is 1. The first-order chi connectivity index (χ1) is 14.1. The lowest BCUT2D eigenvalue weighted by molar-refractivity contribution is 0.0786. The number of nitrogens with zero attached hydrogens (tertiary/aromatic N) is 1. The van der Waals surface area contributed by atoms with Gasteiger partial charge in [0, 0.05) is 24.4 Å².